The summed E-state index contributed by atoms with van der Waals surface area (Å²) in [6.45, 7) is 7.23. The van der Waals surface area contributed by atoms with Crippen LogP contribution in [0.5, 0.6) is 0 Å². The highest BCUT2D eigenvalue weighted by Crippen LogP contribution is 2.24. The minimum Gasteiger partial charge on any atom is -0.369 e. The Kier molecular flexibility index (Phi) is 6.90. The van der Waals surface area contributed by atoms with E-state index in [1.165, 1.54) is 0 Å². The van der Waals surface area contributed by atoms with Crippen LogP contribution in [-0.4, -0.2) is 67.9 Å². The number of hydrogen-bond donors (Lipinski definition) is 3. The van der Waals surface area contributed by atoms with Gasteiger partial charge in [0.15, 0.2) is 5.82 Å². The first-order valence-electron chi connectivity index (χ1n) is 11.2. The molecule has 1 saturated heterocycles. The summed E-state index contributed by atoms with van der Waals surface area (Å²) in [5.74, 6) is 0.137. The van der Waals surface area contributed by atoms with Crippen LogP contribution >= 0.6 is 0 Å². The maximum Gasteiger partial charge on any atom is 0.256 e. The molecule has 1 aliphatic heterocycles. The first-order valence-corrected chi connectivity index (χ1v) is 12.8. The number of likely N-dealkylation sites (N-methyl/N-ethyl adjacent to an activating group) is 1. The lowest BCUT2D eigenvalue weighted by atomic mass is 10.1. The Morgan fingerprint density at radius 3 is 2.41 bits per heavy atom. The number of carbonyl (C=O) groups is 1. The third-order valence-corrected chi connectivity index (χ3v) is 7.63. The molecule has 1 aliphatic rings. The number of sulfonamides is 1. The van der Waals surface area contributed by atoms with E-state index in [-0.39, 0.29) is 5.91 Å². The van der Waals surface area contributed by atoms with E-state index in [1.807, 2.05) is 30.3 Å². The van der Waals surface area contributed by atoms with E-state index >= 15 is 0 Å². The quantitative estimate of drug-likeness (QED) is 0.477. The van der Waals surface area contributed by atoms with Gasteiger partial charge in [-0.15, -0.1) is 0 Å². The number of carbonyl (C=O) groups excluding carboxylic acids is 1. The van der Waals surface area contributed by atoms with Gasteiger partial charge in [-0.05, 0) is 57.3 Å². The summed E-state index contributed by atoms with van der Waals surface area (Å²) in [6, 6.07) is 16.3. The number of hydrogen-bond acceptors (Lipinski definition) is 6. The molecular weight excluding hydrogens is 452 g/mol. The number of anilines is 3. The molecule has 180 valence electrons. The number of aromatic nitrogens is 2. The van der Waals surface area contributed by atoms with Gasteiger partial charge in [0.2, 0.25) is 10.0 Å². The Bertz CT molecular complexity index is 1250. The lowest BCUT2D eigenvalue weighted by molar-refractivity contribution is 0.102. The van der Waals surface area contributed by atoms with Gasteiger partial charge in [-0.2, -0.15) is 5.10 Å². The predicted octanol–water partition coefficient (Wildman–Crippen LogP) is 3.23. The number of piperazine rings is 1. The second kappa shape index (κ2) is 9.86. The summed E-state index contributed by atoms with van der Waals surface area (Å²) in [4.78, 5) is 17.3. The molecule has 2 heterocycles. The first-order chi connectivity index (χ1) is 16.2. The van der Waals surface area contributed by atoms with E-state index in [9.17, 15) is 13.2 Å². The molecule has 3 aromatic rings. The number of rotatable bonds is 7. The summed E-state index contributed by atoms with van der Waals surface area (Å²) < 4.78 is 26.9. The molecule has 4 rings (SSSR count). The van der Waals surface area contributed by atoms with Crippen molar-refractivity contribution < 1.29 is 13.2 Å². The Hall–Kier alpha value is -3.37. The summed E-state index contributed by atoms with van der Waals surface area (Å²) in [6.07, 6.45) is 0. The van der Waals surface area contributed by atoms with Crippen molar-refractivity contribution in [1.82, 2.24) is 15.1 Å². The van der Waals surface area contributed by atoms with Crippen molar-refractivity contribution in [3.63, 3.8) is 0 Å². The zero-order valence-corrected chi connectivity index (χ0v) is 20.4. The predicted molar refractivity (Wildman–Crippen MR) is 136 cm³/mol. The van der Waals surface area contributed by atoms with Crippen molar-refractivity contribution in [3.8, 4) is 11.3 Å². The van der Waals surface area contributed by atoms with E-state index < -0.39 is 15.3 Å². The molecule has 0 unspecified atom stereocenters. The molecular formula is C24H30N6O3S. The fourth-order valence-corrected chi connectivity index (χ4v) is 4.33. The van der Waals surface area contributed by atoms with Crippen LogP contribution in [0.4, 0.5) is 17.2 Å². The first kappa shape index (κ1) is 23.8. The summed E-state index contributed by atoms with van der Waals surface area (Å²) in [7, 11) is -1.32. The third kappa shape index (κ3) is 5.57. The van der Waals surface area contributed by atoms with Gasteiger partial charge in [-0.25, -0.2) is 8.42 Å². The smallest absolute Gasteiger partial charge is 0.256 e. The van der Waals surface area contributed by atoms with E-state index in [4.69, 9.17) is 0 Å². The van der Waals surface area contributed by atoms with Crippen molar-refractivity contribution in [1.29, 1.82) is 0 Å². The monoisotopic (exact) mass is 482 g/mol. The van der Waals surface area contributed by atoms with Gasteiger partial charge in [0, 0.05) is 54.7 Å². The van der Waals surface area contributed by atoms with Crippen molar-refractivity contribution in [2.24, 2.45) is 0 Å². The lowest BCUT2D eigenvalue weighted by Gasteiger charge is -2.34. The standard InChI is InChI=1S/C24H30N6O3S/c1-17(2)34(32,33)28-20-6-4-5-19(15-20)22-16-23(27-26-22)25-24(31)18-7-9-21(10-8-18)30-13-11-29(3)12-14-30/h4-10,15-17,28H,11-14H2,1-3H3,(H2,25,26,27,31). The average Bonchev–Trinajstić information content (AvgIpc) is 3.28. The van der Waals surface area contributed by atoms with Crippen molar-refractivity contribution in [3.05, 3.63) is 60.2 Å². The zero-order valence-electron chi connectivity index (χ0n) is 19.6. The van der Waals surface area contributed by atoms with Gasteiger partial charge in [0.1, 0.15) is 0 Å². The summed E-state index contributed by atoms with van der Waals surface area (Å²) in [5.41, 5.74) is 3.53. The van der Waals surface area contributed by atoms with Crippen LogP contribution in [0.2, 0.25) is 0 Å². The molecule has 34 heavy (non-hydrogen) atoms. The van der Waals surface area contributed by atoms with E-state index in [2.05, 4.69) is 37.1 Å². The minimum atomic E-state index is -3.44. The van der Waals surface area contributed by atoms with Crippen molar-refractivity contribution >= 4 is 33.1 Å². The average molecular weight is 483 g/mol. The van der Waals surface area contributed by atoms with Crippen LogP contribution in [0.3, 0.4) is 0 Å². The second-order valence-corrected chi connectivity index (χ2v) is 11.0. The number of nitrogens with zero attached hydrogens (tertiary/aromatic N) is 3. The normalized spacial score (nSPS) is 14.9. The number of amides is 1. The second-order valence-electron chi connectivity index (χ2n) is 8.73. The van der Waals surface area contributed by atoms with Crippen LogP contribution < -0.4 is 14.9 Å². The zero-order chi connectivity index (χ0) is 24.3. The maximum atomic E-state index is 12.7. The van der Waals surface area contributed by atoms with Gasteiger partial charge in [-0.1, -0.05) is 12.1 Å². The van der Waals surface area contributed by atoms with E-state index in [0.29, 0.717) is 22.8 Å². The Morgan fingerprint density at radius 2 is 1.74 bits per heavy atom. The summed E-state index contributed by atoms with van der Waals surface area (Å²) >= 11 is 0. The molecule has 0 atom stereocenters. The minimum absolute atomic E-state index is 0.249. The third-order valence-electron chi connectivity index (χ3n) is 5.87. The lowest BCUT2D eigenvalue weighted by Crippen LogP contribution is -2.44. The van der Waals surface area contributed by atoms with Crippen LogP contribution in [0, 0.1) is 0 Å². The Balaban J connectivity index is 1.41. The largest absolute Gasteiger partial charge is 0.369 e. The fourth-order valence-electron chi connectivity index (χ4n) is 3.64. The highest BCUT2D eigenvalue weighted by Gasteiger charge is 2.17. The van der Waals surface area contributed by atoms with Gasteiger partial charge >= 0.3 is 0 Å². The summed E-state index contributed by atoms with van der Waals surface area (Å²) in [5, 5.41) is 9.34. The number of aromatic amines is 1. The molecule has 3 N–H and O–H groups in total. The van der Waals surface area contributed by atoms with Crippen molar-refractivity contribution in [2.75, 3.05) is 48.2 Å². The Labute approximate surface area is 200 Å². The van der Waals surface area contributed by atoms with Crippen LogP contribution in [0.15, 0.2) is 54.6 Å². The number of benzene rings is 2. The molecule has 0 radical (unpaired) electrons. The maximum absolute atomic E-state index is 12.7. The molecule has 0 bridgehead atoms. The van der Waals surface area contributed by atoms with Crippen LogP contribution in [0.1, 0.15) is 24.2 Å². The van der Waals surface area contributed by atoms with Gasteiger partial charge in [0.25, 0.3) is 5.91 Å². The highest BCUT2D eigenvalue weighted by atomic mass is 32.2. The Morgan fingerprint density at radius 1 is 1.03 bits per heavy atom. The number of nitrogens with one attached hydrogen (secondary N) is 3. The molecule has 10 heteroatoms. The van der Waals surface area contributed by atoms with Crippen LogP contribution in [-0.2, 0) is 10.0 Å². The molecule has 0 aliphatic carbocycles. The molecule has 1 fully saturated rings. The van der Waals surface area contributed by atoms with E-state index in [1.54, 1.807) is 38.1 Å². The van der Waals surface area contributed by atoms with Crippen LogP contribution in [0.25, 0.3) is 11.3 Å². The molecule has 0 saturated carbocycles. The van der Waals surface area contributed by atoms with Gasteiger partial charge in [0.05, 0.1) is 10.9 Å². The molecule has 0 spiro atoms. The molecule has 2 aromatic carbocycles. The molecule has 1 amide bonds. The van der Waals surface area contributed by atoms with Gasteiger partial charge < -0.3 is 15.1 Å². The molecule has 1 aromatic heterocycles. The van der Waals surface area contributed by atoms with E-state index in [0.717, 1.165) is 37.4 Å². The van der Waals surface area contributed by atoms with Crippen molar-refractivity contribution in [2.45, 2.75) is 19.1 Å². The van der Waals surface area contributed by atoms with Gasteiger partial charge in [-0.3, -0.25) is 14.6 Å². The highest BCUT2D eigenvalue weighted by molar-refractivity contribution is 7.93. The SMILES string of the molecule is CC(C)S(=O)(=O)Nc1cccc(-c2cc(NC(=O)c3ccc(N4CCN(C)CC4)cc3)n[nH]2)c1. The fraction of sp³-hybridized carbons (Fsp3) is 0.333. The topological polar surface area (TPSA) is 110 Å². The number of H-pyrrole nitrogens is 1. The molecule has 9 nitrogen and oxygen atoms in total.